The van der Waals surface area contributed by atoms with Gasteiger partial charge < -0.3 is 10.6 Å². The second kappa shape index (κ2) is 5.11. The van der Waals surface area contributed by atoms with E-state index in [9.17, 15) is 4.79 Å². The fourth-order valence-electron chi connectivity index (χ4n) is 3.62. The third-order valence-corrected chi connectivity index (χ3v) is 5.40. The molecule has 2 aromatic rings. The van der Waals surface area contributed by atoms with E-state index in [2.05, 4.69) is 26.6 Å². The summed E-state index contributed by atoms with van der Waals surface area (Å²) in [5.74, 6) is 0.0382. The van der Waals surface area contributed by atoms with Gasteiger partial charge in [-0.25, -0.2) is 0 Å². The molecule has 21 heavy (non-hydrogen) atoms. The molecule has 3 unspecified atom stereocenters. The van der Waals surface area contributed by atoms with Crippen molar-refractivity contribution in [2.45, 2.75) is 37.4 Å². The molecule has 3 nitrogen and oxygen atoms in total. The molecular weight excluding hydrogens is 328 g/mol. The molecule has 4 rings (SSSR count). The van der Waals surface area contributed by atoms with E-state index >= 15 is 0 Å². The Labute approximate surface area is 132 Å². The molecule has 2 N–H and O–H groups in total. The summed E-state index contributed by atoms with van der Waals surface area (Å²) >= 11 is 3.54. The van der Waals surface area contributed by atoms with Crippen molar-refractivity contribution in [3.05, 3.63) is 46.4 Å². The highest BCUT2D eigenvalue weighted by Crippen LogP contribution is 2.29. The van der Waals surface area contributed by atoms with Crippen LogP contribution in [0.4, 0.5) is 0 Å². The first-order valence-electron chi connectivity index (χ1n) is 7.46. The Morgan fingerprint density at radius 1 is 1.24 bits per heavy atom. The topological polar surface area (TPSA) is 41.1 Å². The van der Waals surface area contributed by atoms with E-state index in [0.717, 1.165) is 27.2 Å². The zero-order chi connectivity index (χ0) is 14.4. The second-order valence-corrected chi connectivity index (χ2v) is 6.89. The van der Waals surface area contributed by atoms with Crippen LogP contribution >= 0.6 is 15.9 Å². The van der Waals surface area contributed by atoms with Crippen molar-refractivity contribution in [1.82, 2.24) is 10.6 Å². The quantitative estimate of drug-likeness (QED) is 0.878. The van der Waals surface area contributed by atoms with Gasteiger partial charge in [-0.05, 0) is 48.2 Å². The van der Waals surface area contributed by atoms with Gasteiger partial charge in [-0.1, -0.05) is 34.1 Å². The Hall–Kier alpha value is -1.39. The van der Waals surface area contributed by atoms with E-state index in [-0.39, 0.29) is 11.9 Å². The van der Waals surface area contributed by atoms with Crippen LogP contribution in [0.3, 0.4) is 0 Å². The van der Waals surface area contributed by atoms with Gasteiger partial charge in [-0.2, -0.15) is 0 Å². The predicted octanol–water partition coefficient (Wildman–Crippen LogP) is 3.23. The average Bonchev–Trinajstić information content (AvgIpc) is 3.09. The first-order valence-corrected chi connectivity index (χ1v) is 8.25. The molecular formula is C17H17BrN2O. The highest BCUT2D eigenvalue weighted by molar-refractivity contribution is 9.10. The van der Waals surface area contributed by atoms with Crippen LogP contribution in [0.1, 0.15) is 29.6 Å². The Bertz CT molecular complexity index is 715. The molecule has 0 saturated carbocycles. The Morgan fingerprint density at radius 2 is 2.14 bits per heavy atom. The first kappa shape index (κ1) is 13.3. The monoisotopic (exact) mass is 344 g/mol. The molecule has 2 bridgehead atoms. The van der Waals surface area contributed by atoms with E-state index in [1.165, 1.54) is 12.8 Å². The molecule has 2 saturated heterocycles. The lowest BCUT2D eigenvalue weighted by atomic mass is 9.95. The number of rotatable bonds is 2. The van der Waals surface area contributed by atoms with E-state index < -0.39 is 0 Å². The van der Waals surface area contributed by atoms with E-state index in [1.807, 2.05) is 36.4 Å². The third-order valence-electron chi connectivity index (χ3n) is 4.71. The van der Waals surface area contributed by atoms with Crippen molar-refractivity contribution in [2.24, 2.45) is 0 Å². The molecule has 1 amide bonds. The minimum absolute atomic E-state index is 0.0382. The Balaban J connectivity index is 1.57. The second-order valence-electron chi connectivity index (χ2n) is 6.04. The van der Waals surface area contributed by atoms with Crippen LogP contribution < -0.4 is 10.6 Å². The summed E-state index contributed by atoms with van der Waals surface area (Å²) in [5.41, 5.74) is 0.739. The molecule has 108 valence electrons. The number of hydrogen-bond acceptors (Lipinski definition) is 2. The minimum atomic E-state index is 0.0382. The van der Waals surface area contributed by atoms with Crippen molar-refractivity contribution >= 4 is 32.6 Å². The van der Waals surface area contributed by atoms with Crippen molar-refractivity contribution in [3.8, 4) is 0 Å². The van der Waals surface area contributed by atoms with Crippen LogP contribution in [0.15, 0.2) is 40.9 Å². The van der Waals surface area contributed by atoms with Gasteiger partial charge in [-0.3, -0.25) is 4.79 Å². The maximum atomic E-state index is 12.5. The van der Waals surface area contributed by atoms with Crippen molar-refractivity contribution in [2.75, 3.05) is 0 Å². The van der Waals surface area contributed by atoms with Crippen molar-refractivity contribution < 1.29 is 4.79 Å². The lowest BCUT2D eigenvalue weighted by molar-refractivity contribution is 0.0931. The van der Waals surface area contributed by atoms with Crippen LogP contribution in [-0.4, -0.2) is 24.0 Å². The minimum Gasteiger partial charge on any atom is -0.348 e. The van der Waals surface area contributed by atoms with Gasteiger partial charge in [0.25, 0.3) is 5.91 Å². The summed E-state index contributed by atoms with van der Waals surface area (Å²) in [4.78, 5) is 12.5. The Kier molecular flexibility index (Phi) is 3.23. The van der Waals surface area contributed by atoms with Crippen LogP contribution in [0.25, 0.3) is 10.8 Å². The average molecular weight is 345 g/mol. The number of carbonyl (C=O) groups is 1. The van der Waals surface area contributed by atoms with Crippen molar-refractivity contribution in [3.63, 3.8) is 0 Å². The molecule has 2 aromatic carbocycles. The Morgan fingerprint density at radius 3 is 2.90 bits per heavy atom. The maximum absolute atomic E-state index is 12.5. The number of halogens is 1. The maximum Gasteiger partial charge on any atom is 0.251 e. The van der Waals surface area contributed by atoms with Gasteiger partial charge in [-0.15, -0.1) is 0 Å². The van der Waals surface area contributed by atoms with Crippen LogP contribution in [0.2, 0.25) is 0 Å². The first-order chi connectivity index (χ1) is 10.2. The number of hydrogen-bond donors (Lipinski definition) is 2. The summed E-state index contributed by atoms with van der Waals surface area (Å²) in [6.07, 6.45) is 3.50. The summed E-state index contributed by atoms with van der Waals surface area (Å²) in [6, 6.07) is 13.3. The molecule has 0 radical (unpaired) electrons. The summed E-state index contributed by atoms with van der Waals surface area (Å²) < 4.78 is 1.06. The van der Waals surface area contributed by atoms with Crippen LogP contribution in [-0.2, 0) is 0 Å². The van der Waals surface area contributed by atoms with Gasteiger partial charge in [0.2, 0.25) is 0 Å². The number of nitrogens with one attached hydrogen (secondary N) is 2. The van der Waals surface area contributed by atoms with Gasteiger partial charge in [0.15, 0.2) is 0 Å². The molecule has 2 aliphatic rings. The summed E-state index contributed by atoms with van der Waals surface area (Å²) in [6.45, 7) is 0. The van der Waals surface area contributed by atoms with Crippen molar-refractivity contribution in [1.29, 1.82) is 0 Å². The highest BCUT2D eigenvalue weighted by atomic mass is 79.9. The molecule has 3 atom stereocenters. The summed E-state index contributed by atoms with van der Waals surface area (Å²) in [7, 11) is 0. The van der Waals surface area contributed by atoms with Gasteiger partial charge in [0.05, 0.1) is 0 Å². The van der Waals surface area contributed by atoms with Crippen LogP contribution in [0.5, 0.6) is 0 Å². The molecule has 2 fully saturated rings. The largest absolute Gasteiger partial charge is 0.348 e. The number of carbonyl (C=O) groups excluding carboxylic acids is 1. The van der Waals surface area contributed by atoms with Gasteiger partial charge in [0.1, 0.15) is 0 Å². The van der Waals surface area contributed by atoms with E-state index in [4.69, 9.17) is 0 Å². The summed E-state index contributed by atoms with van der Waals surface area (Å²) in [5, 5.41) is 8.96. The standard InChI is InChI=1S/C17H17BrN2O/c18-14-3-1-2-10-8-11(4-6-13(10)14)17(21)20-16-9-12-5-7-15(16)19-12/h1-4,6,8,12,15-16,19H,5,7,9H2,(H,20,21). The fourth-order valence-corrected chi connectivity index (χ4v) is 4.13. The lowest BCUT2D eigenvalue weighted by Gasteiger charge is -2.21. The SMILES string of the molecule is O=C(NC1CC2CCC1N2)c1ccc2c(Br)cccc2c1. The van der Waals surface area contributed by atoms with E-state index in [0.29, 0.717) is 12.1 Å². The molecule has 2 aliphatic heterocycles. The zero-order valence-electron chi connectivity index (χ0n) is 11.6. The normalized spacial score (nSPS) is 27.2. The predicted molar refractivity (Wildman–Crippen MR) is 87.5 cm³/mol. The smallest absolute Gasteiger partial charge is 0.251 e. The molecule has 2 heterocycles. The number of fused-ring (bicyclic) bond motifs is 3. The van der Waals surface area contributed by atoms with Gasteiger partial charge >= 0.3 is 0 Å². The number of benzene rings is 2. The zero-order valence-corrected chi connectivity index (χ0v) is 13.2. The van der Waals surface area contributed by atoms with Gasteiger partial charge in [0, 0.05) is 28.2 Å². The number of amides is 1. The molecule has 4 heteroatoms. The molecule has 0 aromatic heterocycles. The fraction of sp³-hybridized carbons (Fsp3) is 0.353. The van der Waals surface area contributed by atoms with Crippen LogP contribution in [0, 0.1) is 0 Å². The third kappa shape index (κ3) is 2.36. The molecule has 0 spiro atoms. The highest BCUT2D eigenvalue weighted by Gasteiger charge is 2.39. The molecule has 0 aliphatic carbocycles. The lowest BCUT2D eigenvalue weighted by Crippen LogP contribution is -2.42. The van der Waals surface area contributed by atoms with E-state index in [1.54, 1.807) is 0 Å².